The molecule has 1 aromatic rings. The van der Waals surface area contributed by atoms with Crippen LogP contribution in [0.3, 0.4) is 0 Å². The Morgan fingerprint density at radius 1 is 1.53 bits per heavy atom. The lowest BCUT2D eigenvalue weighted by Crippen LogP contribution is -2.17. The third-order valence-corrected chi connectivity index (χ3v) is 3.08. The van der Waals surface area contributed by atoms with Crippen LogP contribution in [0, 0.1) is 34.3 Å². The maximum Gasteiger partial charge on any atom is 0.332 e. The lowest BCUT2D eigenvalue weighted by atomic mass is 9.97. The molecular weight excluding hydrogens is 246 g/mol. The summed E-state index contributed by atoms with van der Waals surface area (Å²) in [5.41, 5.74) is -0.286. The van der Waals surface area contributed by atoms with Gasteiger partial charge in [0.05, 0.1) is 23.1 Å². The number of nitriles is 1. The number of nitrogens with zero attached hydrogens (tertiary/aromatic N) is 2. The Balaban J connectivity index is 0.000000861. The van der Waals surface area contributed by atoms with E-state index < -0.39 is 16.0 Å². The number of aromatic nitrogens is 1. The van der Waals surface area contributed by atoms with Crippen molar-refractivity contribution in [1.29, 1.82) is 5.26 Å². The van der Waals surface area contributed by atoms with Gasteiger partial charge in [-0.2, -0.15) is 5.26 Å². The average Bonchev–Trinajstić information content (AvgIpc) is 3.22. The van der Waals surface area contributed by atoms with Crippen LogP contribution in [0.1, 0.15) is 43.9 Å². The molecule has 1 saturated carbocycles. The zero-order valence-corrected chi connectivity index (χ0v) is 11.3. The second-order valence-corrected chi connectivity index (χ2v) is 4.24. The van der Waals surface area contributed by atoms with Crippen LogP contribution in [0.2, 0.25) is 0 Å². The Labute approximate surface area is 111 Å². The summed E-state index contributed by atoms with van der Waals surface area (Å²) in [7, 11) is 0. The standard InChI is InChI=1S/C11H11N3O3.C2H6/c1-6-10(8(4-12)7-2-3-7)13-5-9(11(6)15)14(16)17;1-2/h5,7-8H,2-3H2,1H3,(H,13,15);1-2H3. The minimum atomic E-state index is -0.714. The molecule has 1 aliphatic carbocycles. The largest absolute Gasteiger partial charge is 0.358 e. The highest BCUT2D eigenvalue weighted by Gasteiger charge is 2.34. The first-order valence-electron chi connectivity index (χ1n) is 6.32. The molecule has 0 spiro atoms. The number of nitro groups is 1. The van der Waals surface area contributed by atoms with Crippen molar-refractivity contribution in [3.05, 3.63) is 37.8 Å². The Kier molecular flexibility index (Phi) is 4.81. The molecule has 1 N–H and O–H groups in total. The van der Waals surface area contributed by atoms with Gasteiger partial charge < -0.3 is 4.98 Å². The highest BCUT2D eigenvalue weighted by molar-refractivity contribution is 5.37. The first kappa shape index (κ1) is 14.9. The zero-order chi connectivity index (χ0) is 14.6. The molecule has 0 radical (unpaired) electrons. The van der Waals surface area contributed by atoms with Crippen molar-refractivity contribution >= 4 is 5.69 Å². The maximum atomic E-state index is 11.7. The van der Waals surface area contributed by atoms with Crippen molar-refractivity contribution in [1.82, 2.24) is 4.98 Å². The lowest BCUT2D eigenvalue weighted by molar-refractivity contribution is -0.386. The van der Waals surface area contributed by atoms with Crippen molar-refractivity contribution in [3.63, 3.8) is 0 Å². The smallest absolute Gasteiger partial charge is 0.332 e. The van der Waals surface area contributed by atoms with Crippen molar-refractivity contribution in [2.24, 2.45) is 5.92 Å². The van der Waals surface area contributed by atoms with Crippen molar-refractivity contribution in [2.75, 3.05) is 0 Å². The molecule has 1 aromatic heterocycles. The maximum absolute atomic E-state index is 11.7. The molecule has 19 heavy (non-hydrogen) atoms. The second kappa shape index (κ2) is 6.14. The number of aromatic amines is 1. The molecule has 0 amide bonds. The van der Waals surface area contributed by atoms with Gasteiger partial charge in [0.25, 0.3) is 5.43 Å². The minimum absolute atomic E-state index is 0.274. The topological polar surface area (TPSA) is 99.8 Å². The summed E-state index contributed by atoms with van der Waals surface area (Å²) < 4.78 is 0. The first-order valence-corrected chi connectivity index (χ1v) is 6.32. The monoisotopic (exact) mass is 263 g/mol. The van der Waals surface area contributed by atoms with Gasteiger partial charge >= 0.3 is 5.69 Å². The van der Waals surface area contributed by atoms with Gasteiger partial charge in [-0.15, -0.1) is 0 Å². The number of hydrogen-bond donors (Lipinski definition) is 1. The van der Waals surface area contributed by atoms with Gasteiger partial charge in [-0.1, -0.05) is 13.8 Å². The third-order valence-electron chi connectivity index (χ3n) is 3.08. The minimum Gasteiger partial charge on any atom is -0.358 e. The van der Waals surface area contributed by atoms with Crippen LogP contribution in [0.5, 0.6) is 0 Å². The average molecular weight is 263 g/mol. The molecule has 0 saturated heterocycles. The van der Waals surface area contributed by atoms with Crippen LogP contribution >= 0.6 is 0 Å². The van der Waals surface area contributed by atoms with Gasteiger partial charge in [0, 0.05) is 11.3 Å². The van der Waals surface area contributed by atoms with E-state index >= 15 is 0 Å². The first-order chi connectivity index (χ1) is 9.06. The van der Waals surface area contributed by atoms with Crippen molar-refractivity contribution in [3.8, 4) is 6.07 Å². The van der Waals surface area contributed by atoms with E-state index in [9.17, 15) is 14.9 Å². The van der Waals surface area contributed by atoms with Crippen LogP contribution in [-0.2, 0) is 0 Å². The number of nitrogens with one attached hydrogen (secondary N) is 1. The summed E-state index contributed by atoms with van der Waals surface area (Å²) in [6.45, 7) is 5.52. The molecule has 102 valence electrons. The van der Waals surface area contributed by atoms with Crippen LogP contribution < -0.4 is 5.43 Å². The summed E-state index contributed by atoms with van der Waals surface area (Å²) in [5, 5.41) is 19.7. The van der Waals surface area contributed by atoms with E-state index in [1.807, 2.05) is 13.8 Å². The van der Waals surface area contributed by atoms with Gasteiger partial charge in [-0.3, -0.25) is 14.9 Å². The van der Waals surface area contributed by atoms with E-state index in [0.29, 0.717) is 5.69 Å². The Hall–Kier alpha value is -2.16. The highest BCUT2D eigenvalue weighted by atomic mass is 16.6. The summed E-state index contributed by atoms with van der Waals surface area (Å²) in [6, 6.07) is 2.16. The Morgan fingerprint density at radius 3 is 2.53 bits per heavy atom. The molecule has 1 unspecified atom stereocenters. The van der Waals surface area contributed by atoms with E-state index in [2.05, 4.69) is 11.1 Å². The van der Waals surface area contributed by atoms with Gasteiger partial charge in [0.15, 0.2) is 0 Å². The quantitative estimate of drug-likeness (QED) is 0.669. The predicted molar refractivity (Wildman–Crippen MR) is 70.9 cm³/mol. The molecule has 0 aliphatic heterocycles. The fraction of sp³-hybridized carbons (Fsp3) is 0.538. The highest BCUT2D eigenvalue weighted by Crippen LogP contribution is 2.42. The van der Waals surface area contributed by atoms with E-state index in [1.165, 1.54) is 6.92 Å². The number of rotatable bonds is 3. The summed E-state index contributed by atoms with van der Waals surface area (Å²) in [6.07, 6.45) is 3.02. The number of pyridine rings is 1. The van der Waals surface area contributed by atoms with E-state index in [4.69, 9.17) is 5.26 Å². The summed E-state index contributed by atoms with van der Waals surface area (Å²) >= 11 is 0. The van der Waals surface area contributed by atoms with Gasteiger partial charge in [-0.05, 0) is 25.7 Å². The summed E-state index contributed by atoms with van der Waals surface area (Å²) in [4.78, 5) is 24.3. The SMILES string of the molecule is CC.Cc1c(C(C#N)C2CC2)[nH]cc([N+](=O)[O-])c1=O. The van der Waals surface area contributed by atoms with Crippen molar-refractivity contribution < 1.29 is 4.92 Å². The normalized spacial score (nSPS) is 14.8. The van der Waals surface area contributed by atoms with E-state index in [0.717, 1.165) is 19.0 Å². The van der Waals surface area contributed by atoms with Crippen LogP contribution in [0.15, 0.2) is 11.0 Å². The lowest BCUT2D eigenvalue weighted by Gasteiger charge is -2.10. The van der Waals surface area contributed by atoms with Crippen LogP contribution in [0.4, 0.5) is 5.69 Å². The fourth-order valence-corrected chi connectivity index (χ4v) is 1.93. The molecule has 0 aromatic carbocycles. The van der Waals surface area contributed by atoms with Gasteiger partial charge in [-0.25, -0.2) is 0 Å². The molecule has 6 heteroatoms. The Morgan fingerprint density at radius 2 is 2.11 bits per heavy atom. The molecule has 1 heterocycles. The molecule has 2 rings (SSSR count). The van der Waals surface area contributed by atoms with E-state index in [-0.39, 0.29) is 17.4 Å². The van der Waals surface area contributed by atoms with Crippen LogP contribution in [0.25, 0.3) is 0 Å². The zero-order valence-electron chi connectivity index (χ0n) is 11.3. The third kappa shape index (κ3) is 2.99. The molecule has 1 fully saturated rings. The number of hydrogen-bond acceptors (Lipinski definition) is 4. The predicted octanol–water partition coefficient (Wildman–Crippen LogP) is 2.63. The van der Waals surface area contributed by atoms with Crippen molar-refractivity contribution in [2.45, 2.75) is 39.5 Å². The molecule has 1 atom stereocenters. The molecule has 1 aliphatic rings. The number of H-pyrrole nitrogens is 1. The molecule has 6 nitrogen and oxygen atoms in total. The summed E-state index contributed by atoms with van der Waals surface area (Å²) in [5.74, 6) is -0.0840. The van der Waals surface area contributed by atoms with E-state index in [1.54, 1.807) is 0 Å². The Bertz CT molecular complexity index is 567. The second-order valence-electron chi connectivity index (χ2n) is 4.24. The van der Waals surface area contributed by atoms with Gasteiger partial charge in [0.1, 0.15) is 0 Å². The van der Waals surface area contributed by atoms with Gasteiger partial charge in [0.2, 0.25) is 0 Å². The van der Waals surface area contributed by atoms with Crippen LogP contribution in [-0.4, -0.2) is 9.91 Å². The fourth-order valence-electron chi connectivity index (χ4n) is 1.93. The molecular formula is C13H17N3O3. The molecule has 0 bridgehead atoms.